The van der Waals surface area contributed by atoms with Crippen LogP contribution in [-0.4, -0.2) is 9.97 Å². The van der Waals surface area contributed by atoms with Gasteiger partial charge >= 0.3 is 0 Å². The topological polar surface area (TPSA) is 38.9 Å². The molecule has 9 rings (SSSR count). The molecule has 2 fully saturated rings. The first-order valence-corrected chi connectivity index (χ1v) is 16.5. The Hall–Kier alpha value is -5.28. The van der Waals surface area contributed by atoms with E-state index in [4.69, 9.17) is 14.4 Å². The summed E-state index contributed by atoms with van der Waals surface area (Å²) < 4.78 is 6.08. The van der Waals surface area contributed by atoms with Gasteiger partial charge in [-0.2, -0.15) is 0 Å². The van der Waals surface area contributed by atoms with Crippen LogP contribution in [0.1, 0.15) is 37.2 Å². The molecule has 2 saturated carbocycles. The van der Waals surface area contributed by atoms with E-state index in [1.54, 1.807) is 6.39 Å². The van der Waals surface area contributed by atoms with Crippen molar-refractivity contribution in [1.29, 1.82) is 0 Å². The third-order valence-corrected chi connectivity index (χ3v) is 10.3. The van der Waals surface area contributed by atoms with Crippen LogP contribution >= 0.6 is 0 Å². The van der Waals surface area contributed by atoms with Crippen molar-refractivity contribution in [3.63, 3.8) is 0 Å². The highest BCUT2D eigenvalue weighted by Crippen LogP contribution is 2.54. The van der Waals surface area contributed by atoms with E-state index >= 15 is 0 Å². The van der Waals surface area contributed by atoms with Crippen molar-refractivity contribution >= 4 is 11.1 Å². The average Bonchev–Trinajstić information content (AvgIpc) is 3.91. The van der Waals surface area contributed by atoms with Gasteiger partial charge in [-0.3, -0.25) is 0 Å². The average molecular weight is 595 g/mol. The van der Waals surface area contributed by atoms with Gasteiger partial charge in [0, 0.05) is 16.7 Å². The van der Waals surface area contributed by atoms with Gasteiger partial charge < -0.3 is 4.42 Å². The zero-order chi connectivity index (χ0) is 30.5. The van der Waals surface area contributed by atoms with E-state index in [1.807, 2.05) is 12.1 Å². The fraction of sp³-hybridized carbons (Fsp3) is 0.163. The van der Waals surface area contributed by atoms with Crippen LogP contribution in [-0.2, 0) is 0 Å². The lowest BCUT2D eigenvalue weighted by Crippen LogP contribution is -2.09. The molecule has 2 heterocycles. The molecule has 46 heavy (non-hydrogen) atoms. The molecular formula is C43H34N2O. The first-order chi connectivity index (χ1) is 22.8. The lowest BCUT2D eigenvalue weighted by molar-refractivity contribution is 0.421. The van der Waals surface area contributed by atoms with Crippen LogP contribution in [0.5, 0.6) is 0 Å². The minimum absolute atomic E-state index is 0.618. The van der Waals surface area contributed by atoms with Gasteiger partial charge in [0.25, 0.3) is 0 Å². The Labute approximate surface area is 269 Å². The van der Waals surface area contributed by atoms with Crippen molar-refractivity contribution < 1.29 is 4.42 Å². The third kappa shape index (κ3) is 4.84. The molecule has 2 bridgehead atoms. The van der Waals surface area contributed by atoms with Crippen molar-refractivity contribution in [2.45, 2.75) is 31.6 Å². The fourth-order valence-electron chi connectivity index (χ4n) is 8.08. The monoisotopic (exact) mass is 594 g/mol. The summed E-state index contributed by atoms with van der Waals surface area (Å²) in [6, 6.07) is 47.5. The Kier molecular flexibility index (Phi) is 6.63. The zero-order valence-corrected chi connectivity index (χ0v) is 25.6. The number of nitrogens with zero attached hydrogens (tertiary/aromatic N) is 2. The first kappa shape index (κ1) is 27.1. The lowest BCUT2D eigenvalue weighted by atomic mass is 9.82. The van der Waals surface area contributed by atoms with Gasteiger partial charge in [0.1, 0.15) is 5.52 Å². The van der Waals surface area contributed by atoms with Crippen LogP contribution in [0.25, 0.3) is 67.0 Å². The predicted octanol–water partition coefficient (Wildman–Crippen LogP) is 11.5. The SMILES string of the molecule is c1ccc(-c2cc(-c3cccc(-c4cccc(-c5ccc(C6CC7CCC6C7)c6ncoc56)c4)c3)cc(-c3ccccc3)n2)cc1. The quantitative estimate of drug-likeness (QED) is 0.192. The van der Waals surface area contributed by atoms with E-state index in [0.29, 0.717) is 5.92 Å². The van der Waals surface area contributed by atoms with E-state index in [-0.39, 0.29) is 0 Å². The molecule has 3 unspecified atom stereocenters. The zero-order valence-electron chi connectivity index (χ0n) is 25.6. The molecule has 0 N–H and O–H groups in total. The van der Waals surface area contributed by atoms with Crippen molar-refractivity contribution in [1.82, 2.24) is 9.97 Å². The second-order valence-corrected chi connectivity index (χ2v) is 13.0. The predicted molar refractivity (Wildman–Crippen MR) is 187 cm³/mol. The number of hydrogen-bond acceptors (Lipinski definition) is 3. The molecule has 3 heteroatoms. The molecule has 0 aliphatic heterocycles. The molecule has 2 aliphatic rings. The Morgan fingerprint density at radius 2 is 1.13 bits per heavy atom. The van der Waals surface area contributed by atoms with Crippen LogP contribution in [0.2, 0.25) is 0 Å². The second-order valence-electron chi connectivity index (χ2n) is 13.0. The molecule has 0 amide bonds. The lowest BCUT2D eigenvalue weighted by Gasteiger charge is -2.22. The molecule has 7 aromatic rings. The van der Waals surface area contributed by atoms with Gasteiger partial charge in [0.05, 0.1) is 11.4 Å². The number of aromatic nitrogens is 2. The highest BCUT2D eigenvalue weighted by atomic mass is 16.3. The molecule has 3 atom stereocenters. The van der Waals surface area contributed by atoms with Crippen molar-refractivity contribution in [3.05, 3.63) is 145 Å². The number of hydrogen-bond donors (Lipinski definition) is 0. The fourth-order valence-corrected chi connectivity index (χ4v) is 8.08. The van der Waals surface area contributed by atoms with Gasteiger partial charge in [0.15, 0.2) is 12.0 Å². The van der Waals surface area contributed by atoms with Gasteiger partial charge in [-0.1, -0.05) is 116 Å². The first-order valence-electron chi connectivity index (χ1n) is 16.5. The van der Waals surface area contributed by atoms with Gasteiger partial charge in [-0.15, -0.1) is 0 Å². The number of pyridine rings is 1. The Balaban J connectivity index is 1.09. The normalized spacial score (nSPS) is 18.7. The summed E-state index contributed by atoms with van der Waals surface area (Å²) in [7, 11) is 0. The van der Waals surface area contributed by atoms with Crippen LogP contribution in [0.15, 0.2) is 144 Å². The van der Waals surface area contributed by atoms with Gasteiger partial charge in [-0.25, -0.2) is 9.97 Å². The van der Waals surface area contributed by atoms with Gasteiger partial charge in [-0.05, 0) is 94.7 Å². The Bertz CT molecular complexity index is 2120. The van der Waals surface area contributed by atoms with Gasteiger partial charge in [0.2, 0.25) is 0 Å². The van der Waals surface area contributed by atoms with E-state index in [1.165, 1.54) is 42.4 Å². The molecule has 2 aromatic heterocycles. The van der Waals surface area contributed by atoms with E-state index in [2.05, 4.69) is 121 Å². The minimum Gasteiger partial charge on any atom is -0.443 e. The molecule has 0 spiro atoms. The largest absolute Gasteiger partial charge is 0.443 e. The van der Waals surface area contributed by atoms with E-state index < -0.39 is 0 Å². The molecule has 2 aliphatic carbocycles. The molecule has 0 saturated heterocycles. The standard InChI is InChI=1S/C43H34N2O/c1-3-9-29(10-4-1)40-25-36(26-41(45-40)30-11-5-2-6-12-30)33-15-7-13-31(23-33)32-14-8-16-34(24-32)37-19-20-38(42-43(37)46-27-44-42)39-22-28-17-18-35(39)21-28/h1-16,19-20,23-28,35,39H,17-18,21-22H2. The highest BCUT2D eigenvalue weighted by Gasteiger charge is 2.41. The number of rotatable bonds is 6. The summed E-state index contributed by atoms with van der Waals surface area (Å²) in [5, 5.41) is 0. The molecule has 0 radical (unpaired) electrons. The van der Waals surface area contributed by atoms with Crippen molar-refractivity contribution in [2.75, 3.05) is 0 Å². The summed E-state index contributed by atoms with van der Waals surface area (Å²) in [6.45, 7) is 0. The summed E-state index contributed by atoms with van der Waals surface area (Å²) in [5.41, 5.74) is 14.4. The Morgan fingerprint density at radius 3 is 1.76 bits per heavy atom. The summed E-state index contributed by atoms with van der Waals surface area (Å²) in [6.07, 6.45) is 7.07. The third-order valence-electron chi connectivity index (χ3n) is 10.3. The maximum atomic E-state index is 6.08. The molecule has 222 valence electrons. The summed E-state index contributed by atoms with van der Waals surface area (Å²) in [4.78, 5) is 9.82. The summed E-state index contributed by atoms with van der Waals surface area (Å²) >= 11 is 0. The number of oxazole rings is 1. The summed E-state index contributed by atoms with van der Waals surface area (Å²) in [5.74, 6) is 2.32. The van der Waals surface area contributed by atoms with Crippen LogP contribution < -0.4 is 0 Å². The Morgan fingerprint density at radius 1 is 0.522 bits per heavy atom. The van der Waals surface area contributed by atoms with Crippen molar-refractivity contribution in [3.8, 4) is 55.9 Å². The molecule has 3 nitrogen and oxygen atoms in total. The van der Waals surface area contributed by atoms with Crippen molar-refractivity contribution in [2.24, 2.45) is 11.8 Å². The number of benzene rings is 5. The highest BCUT2D eigenvalue weighted by molar-refractivity contribution is 5.93. The smallest absolute Gasteiger partial charge is 0.182 e. The number of fused-ring (bicyclic) bond motifs is 3. The maximum Gasteiger partial charge on any atom is 0.182 e. The van der Waals surface area contributed by atoms with Crippen LogP contribution in [0.4, 0.5) is 0 Å². The minimum atomic E-state index is 0.618. The van der Waals surface area contributed by atoms with E-state index in [0.717, 1.165) is 67.7 Å². The van der Waals surface area contributed by atoms with Crippen LogP contribution in [0, 0.1) is 11.8 Å². The molecular weight excluding hydrogens is 560 g/mol. The second kappa shape index (κ2) is 11.3. The van der Waals surface area contributed by atoms with E-state index in [9.17, 15) is 0 Å². The molecule has 5 aromatic carbocycles. The maximum absolute atomic E-state index is 6.08. The van der Waals surface area contributed by atoms with Crippen LogP contribution in [0.3, 0.4) is 0 Å².